The average molecular weight is 232 g/mol. The zero-order valence-electron chi connectivity index (χ0n) is 8.05. The Morgan fingerprint density at radius 2 is 2.00 bits per heavy atom. The van der Waals surface area contributed by atoms with E-state index in [1.807, 2.05) is 0 Å². The van der Waals surface area contributed by atoms with Crippen molar-refractivity contribution in [3.8, 4) is 12.3 Å². The summed E-state index contributed by atoms with van der Waals surface area (Å²) in [6.45, 7) is 0. The van der Waals surface area contributed by atoms with E-state index in [0.29, 0.717) is 6.07 Å². The quantitative estimate of drug-likeness (QED) is 0.614. The summed E-state index contributed by atoms with van der Waals surface area (Å²) < 4.78 is 50.3. The predicted molar refractivity (Wildman–Crippen MR) is 49.8 cm³/mol. The van der Waals surface area contributed by atoms with Gasteiger partial charge >= 0.3 is 6.18 Å². The molecule has 0 aliphatic rings. The second-order valence-electron chi connectivity index (χ2n) is 3.13. The minimum Gasteiger partial charge on any atom is -0.387 e. The summed E-state index contributed by atoms with van der Waals surface area (Å²) >= 11 is 0. The summed E-state index contributed by atoms with van der Waals surface area (Å²) in [7, 11) is 0. The summed E-state index contributed by atoms with van der Waals surface area (Å²) in [5.74, 6) is 0.579. The van der Waals surface area contributed by atoms with Gasteiger partial charge in [0.05, 0.1) is 11.7 Å². The Kier molecular flexibility index (Phi) is 3.55. The van der Waals surface area contributed by atoms with E-state index in [4.69, 9.17) is 6.42 Å². The standard InChI is InChI=1S/C11H8F4O/c1-2-4-9(16)7-5-3-6-8(10(7)12)11(13,14)15/h1,3,5-6,9,16H,4H2. The van der Waals surface area contributed by atoms with E-state index in [1.54, 1.807) is 0 Å². The molecular formula is C11H8F4O. The van der Waals surface area contributed by atoms with E-state index in [2.05, 4.69) is 5.92 Å². The monoisotopic (exact) mass is 232 g/mol. The van der Waals surface area contributed by atoms with Crippen molar-refractivity contribution in [2.75, 3.05) is 0 Å². The topological polar surface area (TPSA) is 20.2 Å². The molecule has 5 heteroatoms. The van der Waals surface area contributed by atoms with Crippen molar-refractivity contribution >= 4 is 0 Å². The molecule has 0 aromatic heterocycles. The summed E-state index contributed by atoms with van der Waals surface area (Å²) in [6, 6.07) is 2.72. The number of terminal acetylenes is 1. The molecule has 1 unspecified atom stereocenters. The Morgan fingerprint density at radius 1 is 1.38 bits per heavy atom. The molecule has 0 radical (unpaired) electrons. The number of halogens is 4. The zero-order valence-corrected chi connectivity index (χ0v) is 8.05. The minimum absolute atomic E-state index is 0.238. The number of hydrogen-bond donors (Lipinski definition) is 1. The molecule has 0 aliphatic heterocycles. The van der Waals surface area contributed by atoms with Crippen molar-refractivity contribution in [2.24, 2.45) is 0 Å². The number of rotatable bonds is 2. The number of aliphatic hydroxyl groups is 1. The van der Waals surface area contributed by atoms with Gasteiger partial charge in [0.2, 0.25) is 0 Å². The molecule has 1 aromatic carbocycles. The number of alkyl halides is 3. The van der Waals surface area contributed by atoms with Crippen LogP contribution >= 0.6 is 0 Å². The molecule has 1 rings (SSSR count). The zero-order chi connectivity index (χ0) is 12.3. The van der Waals surface area contributed by atoms with Crippen LogP contribution in [0.25, 0.3) is 0 Å². The first-order chi connectivity index (χ1) is 7.38. The van der Waals surface area contributed by atoms with Crippen LogP contribution in [0.4, 0.5) is 17.6 Å². The highest BCUT2D eigenvalue weighted by Gasteiger charge is 2.35. The third-order valence-electron chi connectivity index (χ3n) is 2.00. The van der Waals surface area contributed by atoms with Crippen LogP contribution in [-0.4, -0.2) is 5.11 Å². The fraction of sp³-hybridized carbons (Fsp3) is 0.273. The SMILES string of the molecule is C#CCC(O)c1cccc(C(F)(F)F)c1F. The number of aliphatic hydroxyl groups excluding tert-OH is 1. The van der Waals surface area contributed by atoms with Crippen molar-refractivity contribution in [3.63, 3.8) is 0 Å². The lowest BCUT2D eigenvalue weighted by molar-refractivity contribution is -0.140. The normalized spacial score (nSPS) is 13.2. The highest BCUT2D eigenvalue weighted by atomic mass is 19.4. The van der Waals surface area contributed by atoms with Gasteiger partial charge in [-0.3, -0.25) is 0 Å². The highest BCUT2D eigenvalue weighted by Crippen LogP contribution is 2.34. The van der Waals surface area contributed by atoms with Crippen LogP contribution in [0.5, 0.6) is 0 Å². The maximum absolute atomic E-state index is 13.4. The van der Waals surface area contributed by atoms with Gasteiger partial charge in [0.25, 0.3) is 0 Å². The van der Waals surface area contributed by atoms with Crippen LogP contribution in [0.3, 0.4) is 0 Å². The first kappa shape index (κ1) is 12.5. The second-order valence-corrected chi connectivity index (χ2v) is 3.13. The molecule has 1 N–H and O–H groups in total. The molecule has 0 aliphatic carbocycles. The Balaban J connectivity index is 3.20. The summed E-state index contributed by atoms with van der Waals surface area (Å²) in [4.78, 5) is 0. The Morgan fingerprint density at radius 3 is 2.50 bits per heavy atom. The largest absolute Gasteiger partial charge is 0.419 e. The van der Waals surface area contributed by atoms with E-state index >= 15 is 0 Å². The maximum atomic E-state index is 13.4. The molecule has 0 fully saturated rings. The number of hydrogen-bond acceptors (Lipinski definition) is 1. The van der Waals surface area contributed by atoms with Gasteiger partial charge < -0.3 is 5.11 Å². The molecular weight excluding hydrogens is 224 g/mol. The first-order valence-electron chi connectivity index (χ1n) is 4.35. The van der Waals surface area contributed by atoms with Gasteiger partial charge in [-0.1, -0.05) is 12.1 Å². The average Bonchev–Trinajstić information content (AvgIpc) is 2.16. The molecule has 0 heterocycles. The summed E-state index contributed by atoms with van der Waals surface area (Å²) in [6.07, 6.45) is -1.56. The van der Waals surface area contributed by atoms with Gasteiger partial charge in [-0.15, -0.1) is 12.3 Å². The smallest absolute Gasteiger partial charge is 0.387 e. The Hall–Kier alpha value is -1.54. The highest BCUT2D eigenvalue weighted by molar-refractivity contribution is 5.30. The number of benzene rings is 1. The minimum atomic E-state index is -4.78. The van der Waals surface area contributed by atoms with Crippen molar-refractivity contribution in [3.05, 3.63) is 35.1 Å². The van der Waals surface area contributed by atoms with Crippen LogP contribution < -0.4 is 0 Å². The van der Waals surface area contributed by atoms with Crippen molar-refractivity contribution in [2.45, 2.75) is 18.7 Å². The molecule has 16 heavy (non-hydrogen) atoms. The lowest BCUT2D eigenvalue weighted by Gasteiger charge is -2.13. The van der Waals surface area contributed by atoms with Crippen LogP contribution in [-0.2, 0) is 6.18 Å². The lowest BCUT2D eigenvalue weighted by atomic mass is 10.0. The summed E-state index contributed by atoms with van der Waals surface area (Å²) in [5, 5.41) is 9.34. The van der Waals surface area contributed by atoms with Crippen LogP contribution in [0, 0.1) is 18.2 Å². The maximum Gasteiger partial charge on any atom is 0.419 e. The first-order valence-corrected chi connectivity index (χ1v) is 4.35. The Labute approximate surface area is 89.7 Å². The third-order valence-corrected chi connectivity index (χ3v) is 2.00. The summed E-state index contributed by atoms with van der Waals surface area (Å²) in [5.41, 5.74) is -1.84. The molecule has 1 atom stereocenters. The molecule has 0 spiro atoms. The van der Waals surface area contributed by atoms with Gasteiger partial charge in [-0.25, -0.2) is 4.39 Å². The predicted octanol–water partition coefficient (Wildman–Crippen LogP) is 2.90. The molecule has 1 nitrogen and oxygen atoms in total. The van der Waals surface area contributed by atoms with E-state index in [0.717, 1.165) is 12.1 Å². The fourth-order valence-corrected chi connectivity index (χ4v) is 1.25. The van der Waals surface area contributed by atoms with E-state index < -0.39 is 29.2 Å². The Bertz CT molecular complexity index is 417. The molecule has 0 saturated heterocycles. The van der Waals surface area contributed by atoms with Gasteiger partial charge in [0.15, 0.2) is 0 Å². The van der Waals surface area contributed by atoms with Gasteiger partial charge in [-0.05, 0) is 6.07 Å². The van der Waals surface area contributed by atoms with Crippen LogP contribution in [0.1, 0.15) is 23.7 Å². The fourth-order valence-electron chi connectivity index (χ4n) is 1.25. The van der Waals surface area contributed by atoms with E-state index in [-0.39, 0.29) is 6.42 Å². The van der Waals surface area contributed by atoms with Crippen molar-refractivity contribution < 1.29 is 22.7 Å². The lowest BCUT2D eigenvalue weighted by Crippen LogP contribution is -2.11. The van der Waals surface area contributed by atoms with Gasteiger partial charge in [0.1, 0.15) is 5.82 Å². The molecule has 1 aromatic rings. The third kappa shape index (κ3) is 2.52. The van der Waals surface area contributed by atoms with Crippen LogP contribution in [0.15, 0.2) is 18.2 Å². The molecule has 86 valence electrons. The second kappa shape index (κ2) is 4.54. The molecule has 0 amide bonds. The van der Waals surface area contributed by atoms with Crippen molar-refractivity contribution in [1.29, 1.82) is 0 Å². The van der Waals surface area contributed by atoms with Gasteiger partial charge in [0, 0.05) is 12.0 Å². The van der Waals surface area contributed by atoms with Crippen molar-refractivity contribution in [1.82, 2.24) is 0 Å². The molecule has 0 saturated carbocycles. The van der Waals surface area contributed by atoms with Gasteiger partial charge in [-0.2, -0.15) is 13.2 Å². The molecule has 0 bridgehead atoms. The van der Waals surface area contributed by atoms with E-state index in [9.17, 15) is 22.7 Å². The van der Waals surface area contributed by atoms with E-state index in [1.165, 1.54) is 0 Å². The van der Waals surface area contributed by atoms with Crippen LogP contribution in [0.2, 0.25) is 0 Å².